The van der Waals surface area contributed by atoms with Crippen molar-refractivity contribution in [2.24, 2.45) is 0 Å². The Bertz CT molecular complexity index is 568. The van der Waals surface area contributed by atoms with Crippen molar-refractivity contribution in [3.05, 3.63) is 35.4 Å². The zero-order chi connectivity index (χ0) is 18.4. The number of rotatable bonds is 10. The van der Waals surface area contributed by atoms with Crippen LogP contribution in [0.15, 0.2) is 24.3 Å². The maximum Gasteiger partial charge on any atom is 0.261 e. The maximum atomic E-state index is 12.3. The van der Waals surface area contributed by atoms with E-state index in [0.29, 0.717) is 17.7 Å². The van der Waals surface area contributed by atoms with Crippen LogP contribution < -0.4 is 0 Å². The van der Waals surface area contributed by atoms with Crippen LogP contribution >= 0.6 is 0 Å². The van der Waals surface area contributed by atoms with Gasteiger partial charge in [-0.25, -0.2) is 0 Å². The first kappa shape index (κ1) is 19.6. The highest BCUT2D eigenvalue weighted by Gasteiger charge is 2.34. The molecule has 0 radical (unpaired) electrons. The van der Waals surface area contributed by atoms with Gasteiger partial charge in [-0.1, -0.05) is 12.1 Å². The van der Waals surface area contributed by atoms with Gasteiger partial charge in [0.15, 0.2) is 0 Å². The molecule has 6 nitrogen and oxygen atoms in total. The molecule has 0 saturated heterocycles. The van der Waals surface area contributed by atoms with Gasteiger partial charge in [0.25, 0.3) is 11.8 Å². The van der Waals surface area contributed by atoms with Crippen LogP contribution in [0.2, 0.25) is 0 Å². The van der Waals surface area contributed by atoms with E-state index in [-0.39, 0.29) is 36.7 Å². The van der Waals surface area contributed by atoms with Crippen molar-refractivity contribution in [1.82, 2.24) is 4.90 Å². The second-order valence-electron chi connectivity index (χ2n) is 6.36. The molecule has 2 rings (SSSR count). The molecule has 1 heterocycles. The number of carbonyl (C=O) groups excluding carboxylic acids is 2. The molecular formula is C19H27NO5. The average Bonchev–Trinajstić information content (AvgIpc) is 2.86. The third-order valence-electron chi connectivity index (χ3n) is 4.52. The second kappa shape index (κ2) is 9.08. The molecular weight excluding hydrogens is 322 g/mol. The largest absolute Gasteiger partial charge is 0.382 e. The van der Waals surface area contributed by atoms with Crippen LogP contribution in [0.3, 0.4) is 0 Å². The van der Waals surface area contributed by atoms with Gasteiger partial charge in [0.2, 0.25) is 0 Å². The van der Waals surface area contributed by atoms with Crippen LogP contribution in [-0.4, -0.2) is 62.4 Å². The number of benzene rings is 1. The number of methoxy groups -OCH3 is 2. The van der Waals surface area contributed by atoms with Gasteiger partial charge in [0, 0.05) is 14.2 Å². The van der Waals surface area contributed by atoms with E-state index in [9.17, 15) is 9.59 Å². The van der Waals surface area contributed by atoms with E-state index in [0.717, 1.165) is 12.8 Å². The molecule has 0 N–H and O–H groups in total. The highest BCUT2D eigenvalue weighted by molar-refractivity contribution is 6.21. The predicted octanol–water partition coefficient (Wildman–Crippen LogP) is 2.52. The van der Waals surface area contributed by atoms with Crippen LogP contribution in [-0.2, 0) is 14.2 Å². The first-order valence-electron chi connectivity index (χ1n) is 8.60. The van der Waals surface area contributed by atoms with Crippen LogP contribution in [0, 0.1) is 0 Å². The van der Waals surface area contributed by atoms with Crippen LogP contribution in [0.4, 0.5) is 0 Å². The van der Waals surface area contributed by atoms with E-state index in [4.69, 9.17) is 14.2 Å². The number of hydrogen-bond acceptors (Lipinski definition) is 5. The monoisotopic (exact) mass is 349 g/mol. The molecule has 1 aromatic carbocycles. The molecule has 1 aliphatic rings. The summed E-state index contributed by atoms with van der Waals surface area (Å²) in [6.07, 6.45) is 1.65. The Morgan fingerprint density at radius 1 is 0.920 bits per heavy atom. The molecule has 1 aromatic rings. The van der Waals surface area contributed by atoms with E-state index in [1.165, 1.54) is 4.90 Å². The fourth-order valence-electron chi connectivity index (χ4n) is 2.98. The Kier molecular flexibility index (Phi) is 7.11. The van der Waals surface area contributed by atoms with Gasteiger partial charge in [0.05, 0.1) is 42.6 Å². The third-order valence-corrected chi connectivity index (χ3v) is 4.52. The number of hydrogen-bond donors (Lipinski definition) is 0. The zero-order valence-electron chi connectivity index (χ0n) is 15.4. The van der Waals surface area contributed by atoms with Gasteiger partial charge in [-0.15, -0.1) is 0 Å². The molecule has 2 amide bonds. The molecule has 25 heavy (non-hydrogen) atoms. The van der Waals surface area contributed by atoms with Crippen LogP contribution in [0.5, 0.6) is 0 Å². The lowest BCUT2D eigenvalue weighted by molar-refractivity contribution is -0.0187. The summed E-state index contributed by atoms with van der Waals surface area (Å²) in [5.74, 6) is -0.499. The Morgan fingerprint density at radius 2 is 1.48 bits per heavy atom. The summed E-state index contributed by atoms with van der Waals surface area (Å²) < 4.78 is 16.5. The molecule has 0 saturated carbocycles. The molecule has 6 heteroatoms. The van der Waals surface area contributed by atoms with Gasteiger partial charge in [-0.05, 0) is 38.8 Å². The molecule has 0 aromatic heterocycles. The number of ether oxygens (including phenoxy) is 3. The molecule has 3 unspecified atom stereocenters. The SMILES string of the molecule is COC(C)CC(CC(C)OCCN1C(=O)c2ccccc2C1=O)OC. The molecule has 0 spiro atoms. The molecule has 1 aliphatic heterocycles. The van der Waals surface area contributed by atoms with Crippen LogP contribution in [0.25, 0.3) is 0 Å². The summed E-state index contributed by atoms with van der Waals surface area (Å²) in [5, 5.41) is 0. The molecule has 0 fully saturated rings. The summed E-state index contributed by atoms with van der Waals surface area (Å²) >= 11 is 0. The minimum Gasteiger partial charge on any atom is -0.382 e. The predicted molar refractivity (Wildman–Crippen MR) is 93.7 cm³/mol. The average molecular weight is 349 g/mol. The smallest absolute Gasteiger partial charge is 0.261 e. The number of nitrogens with zero attached hydrogens (tertiary/aromatic N) is 1. The number of carbonyl (C=O) groups is 2. The summed E-state index contributed by atoms with van der Waals surface area (Å²) in [5.41, 5.74) is 0.932. The lowest BCUT2D eigenvalue weighted by Gasteiger charge is -2.23. The molecule has 3 atom stereocenters. The molecule has 138 valence electrons. The maximum absolute atomic E-state index is 12.3. The van der Waals surface area contributed by atoms with Gasteiger partial charge < -0.3 is 14.2 Å². The fourth-order valence-corrected chi connectivity index (χ4v) is 2.98. The molecule has 0 aliphatic carbocycles. The van der Waals surface area contributed by atoms with Crippen molar-refractivity contribution < 1.29 is 23.8 Å². The summed E-state index contributed by atoms with van der Waals surface area (Å²) in [6.45, 7) is 4.53. The van der Waals surface area contributed by atoms with Crippen LogP contribution in [0.1, 0.15) is 47.4 Å². The van der Waals surface area contributed by atoms with Crippen molar-refractivity contribution in [2.75, 3.05) is 27.4 Å². The van der Waals surface area contributed by atoms with Gasteiger partial charge in [0.1, 0.15) is 0 Å². The second-order valence-corrected chi connectivity index (χ2v) is 6.36. The first-order chi connectivity index (χ1) is 12.0. The van der Waals surface area contributed by atoms with Gasteiger partial charge in [-0.2, -0.15) is 0 Å². The van der Waals surface area contributed by atoms with Gasteiger partial charge >= 0.3 is 0 Å². The minimum atomic E-state index is -0.249. The highest BCUT2D eigenvalue weighted by atomic mass is 16.5. The van der Waals surface area contributed by atoms with E-state index < -0.39 is 0 Å². The number of imide groups is 1. The van der Waals surface area contributed by atoms with Crippen molar-refractivity contribution >= 4 is 11.8 Å². The van der Waals surface area contributed by atoms with E-state index in [1.807, 2.05) is 13.8 Å². The highest BCUT2D eigenvalue weighted by Crippen LogP contribution is 2.22. The summed E-state index contributed by atoms with van der Waals surface area (Å²) in [4.78, 5) is 25.8. The Hall–Kier alpha value is -1.76. The van der Waals surface area contributed by atoms with Crippen molar-refractivity contribution in [3.63, 3.8) is 0 Å². The Labute approximate surface area is 149 Å². The third kappa shape index (κ3) is 4.87. The van der Waals surface area contributed by atoms with Crippen molar-refractivity contribution in [3.8, 4) is 0 Å². The normalized spacial score (nSPS) is 17.5. The molecule has 0 bridgehead atoms. The van der Waals surface area contributed by atoms with Gasteiger partial charge in [-0.3, -0.25) is 14.5 Å². The van der Waals surface area contributed by atoms with Crippen molar-refractivity contribution in [1.29, 1.82) is 0 Å². The lowest BCUT2D eigenvalue weighted by atomic mass is 10.1. The zero-order valence-corrected chi connectivity index (χ0v) is 15.4. The van der Waals surface area contributed by atoms with E-state index in [1.54, 1.807) is 38.5 Å². The summed E-state index contributed by atoms with van der Waals surface area (Å²) in [6, 6.07) is 6.88. The summed E-state index contributed by atoms with van der Waals surface area (Å²) in [7, 11) is 3.36. The quantitative estimate of drug-likeness (QED) is 0.607. The topological polar surface area (TPSA) is 65.1 Å². The van der Waals surface area contributed by atoms with Crippen molar-refractivity contribution in [2.45, 2.75) is 45.0 Å². The Morgan fingerprint density at radius 3 is 2.00 bits per heavy atom. The van der Waals surface area contributed by atoms with E-state index >= 15 is 0 Å². The lowest BCUT2D eigenvalue weighted by Crippen LogP contribution is -2.34. The number of fused-ring (bicyclic) bond motifs is 1. The standard InChI is InChI=1S/C19H27NO5/c1-13(23-3)11-15(24-4)12-14(2)25-10-9-20-18(21)16-7-5-6-8-17(16)19(20)22/h5-8,13-15H,9-12H2,1-4H3. The Balaban J connectivity index is 1.79. The first-order valence-corrected chi connectivity index (χ1v) is 8.60. The number of amides is 2. The minimum absolute atomic E-state index is 0.0378. The van der Waals surface area contributed by atoms with E-state index in [2.05, 4.69) is 0 Å². The fraction of sp³-hybridized carbons (Fsp3) is 0.579.